The minimum Gasteiger partial charge on any atom is -0.361 e. The monoisotopic (exact) mass is 476 g/mol. The van der Waals surface area contributed by atoms with Crippen molar-refractivity contribution >= 4 is 29.2 Å². The molecular weight excluding hydrogens is 432 g/mol. The van der Waals surface area contributed by atoms with Gasteiger partial charge in [-0.1, -0.05) is 115 Å². The first kappa shape index (κ1) is 29.0. The van der Waals surface area contributed by atoms with Crippen molar-refractivity contribution in [3.63, 3.8) is 0 Å². The zero-order valence-corrected chi connectivity index (χ0v) is 21.3. The Bertz CT molecular complexity index is 682. The third kappa shape index (κ3) is 16.3. The van der Waals surface area contributed by atoms with Crippen molar-refractivity contribution in [3.8, 4) is 0 Å². The number of thiocarbonyl (C=S) groups is 1. The van der Waals surface area contributed by atoms with Gasteiger partial charge in [0, 0.05) is 12.6 Å². The molecule has 0 aliphatic rings. The average molecular weight is 477 g/mol. The van der Waals surface area contributed by atoms with E-state index in [9.17, 15) is 10.1 Å². The van der Waals surface area contributed by atoms with Gasteiger partial charge >= 0.3 is 0 Å². The molecule has 0 fully saturated rings. The highest BCUT2D eigenvalue weighted by Crippen LogP contribution is 2.15. The molecule has 0 amide bonds. The van der Waals surface area contributed by atoms with Gasteiger partial charge in [0.15, 0.2) is 5.11 Å². The Balaban J connectivity index is 1.89. The number of rotatable bonds is 20. The van der Waals surface area contributed by atoms with Crippen LogP contribution in [-0.4, -0.2) is 22.8 Å². The zero-order chi connectivity index (χ0) is 24.0. The maximum Gasteiger partial charge on any atom is 0.278 e. The van der Waals surface area contributed by atoms with E-state index in [0.717, 1.165) is 13.0 Å². The van der Waals surface area contributed by atoms with Gasteiger partial charge in [0.1, 0.15) is 0 Å². The SMILES string of the molecule is CCCCCCCCCCCCCCCCCCNC(=S)NN=Cc1ccccc1[N+](=O)[O-]. The van der Waals surface area contributed by atoms with Gasteiger partial charge in [-0.3, -0.25) is 15.5 Å². The van der Waals surface area contributed by atoms with E-state index in [1.165, 1.54) is 109 Å². The predicted octanol–water partition coefficient (Wildman–Crippen LogP) is 7.65. The Kier molecular flexibility index (Phi) is 18.1. The largest absolute Gasteiger partial charge is 0.361 e. The van der Waals surface area contributed by atoms with E-state index >= 15 is 0 Å². The number of nitro groups is 1. The highest BCUT2D eigenvalue weighted by molar-refractivity contribution is 7.80. The van der Waals surface area contributed by atoms with Crippen molar-refractivity contribution in [2.45, 2.75) is 110 Å². The second kappa shape index (κ2) is 20.6. The fourth-order valence-corrected chi connectivity index (χ4v) is 3.99. The molecule has 0 saturated carbocycles. The van der Waals surface area contributed by atoms with Gasteiger partial charge in [0.25, 0.3) is 5.69 Å². The number of benzene rings is 1. The summed E-state index contributed by atoms with van der Waals surface area (Å²) in [7, 11) is 0. The van der Waals surface area contributed by atoms with Crippen LogP contribution in [-0.2, 0) is 0 Å². The molecule has 0 atom stereocenters. The fraction of sp³-hybridized carbons (Fsp3) is 0.692. The van der Waals surface area contributed by atoms with Crippen molar-refractivity contribution in [2.24, 2.45) is 5.10 Å². The highest BCUT2D eigenvalue weighted by Gasteiger charge is 2.09. The first-order valence-corrected chi connectivity index (χ1v) is 13.4. The average Bonchev–Trinajstić information content (AvgIpc) is 2.81. The van der Waals surface area contributed by atoms with Gasteiger partial charge in [-0.2, -0.15) is 5.10 Å². The van der Waals surface area contributed by atoms with Crippen molar-refractivity contribution in [1.29, 1.82) is 0 Å². The summed E-state index contributed by atoms with van der Waals surface area (Å²) < 4.78 is 0. The Morgan fingerprint density at radius 3 is 1.88 bits per heavy atom. The lowest BCUT2D eigenvalue weighted by molar-refractivity contribution is -0.385. The standard InChI is InChI=1S/C26H44N4O2S/c1-2-3-4-5-6-7-8-9-10-11-12-13-14-15-16-19-22-27-26(33)29-28-23-24-20-17-18-21-25(24)30(31)32/h17-18,20-21,23H,2-16,19,22H2,1H3,(H2,27,29,33). The number of para-hydroxylation sites is 1. The summed E-state index contributed by atoms with van der Waals surface area (Å²) in [6.45, 7) is 3.09. The summed E-state index contributed by atoms with van der Waals surface area (Å²) in [6, 6.07) is 6.47. The van der Waals surface area contributed by atoms with Gasteiger partial charge in [-0.25, -0.2) is 0 Å². The van der Waals surface area contributed by atoms with Gasteiger partial charge in [0.2, 0.25) is 0 Å². The number of hydrogen-bond donors (Lipinski definition) is 2. The lowest BCUT2D eigenvalue weighted by Crippen LogP contribution is -2.32. The fourth-order valence-electron chi connectivity index (χ4n) is 3.84. The zero-order valence-electron chi connectivity index (χ0n) is 20.5. The molecule has 1 rings (SSSR count). The molecule has 33 heavy (non-hydrogen) atoms. The van der Waals surface area contributed by atoms with Crippen molar-refractivity contribution in [2.75, 3.05) is 6.54 Å². The van der Waals surface area contributed by atoms with Crippen molar-refractivity contribution < 1.29 is 4.92 Å². The topological polar surface area (TPSA) is 79.6 Å². The van der Waals surface area contributed by atoms with E-state index in [-0.39, 0.29) is 5.69 Å². The molecule has 0 aliphatic heterocycles. The van der Waals surface area contributed by atoms with E-state index < -0.39 is 4.92 Å². The molecule has 0 aromatic heterocycles. The molecule has 0 heterocycles. The van der Waals surface area contributed by atoms with Gasteiger partial charge < -0.3 is 5.32 Å². The van der Waals surface area contributed by atoms with E-state index in [2.05, 4.69) is 22.8 Å². The Hall–Kier alpha value is -2.02. The van der Waals surface area contributed by atoms with Gasteiger partial charge in [0.05, 0.1) is 16.7 Å². The maximum atomic E-state index is 11.0. The summed E-state index contributed by atoms with van der Waals surface area (Å²) in [5.74, 6) is 0. The van der Waals surface area contributed by atoms with E-state index in [0.29, 0.717) is 10.7 Å². The number of hydrazone groups is 1. The number of nitrogens with one attached hydrogen (secondary N) is 2. The quantitative estimate of drug-likeness (QED) is 0.0664. The molecule has 6 nitrogen and oxygen atoms in total. The van der Waals surface area contributed by atoms with Crippen LogP contribution in [0.25, 0.3) is 0 Å². The first-order chi connectivity index (χ1) is 16.1. The third-order valence-corrected chi connectivity index (χ3v) is 6.05. The van der Waals surface area contributed by atoms with Crippen LogP contribution in [0.5, 0.6) is 0 Å². The van der Waals surface area contributed by atoms with Crippen LogP contribution < -0.4 is 10.7 Å². The molecule has 0 radical (unpaired) electrons. The molecule has 186 valence electrons. The van der Waals surface area contributed by atoms with E-state index in [1.54, 1.807) is 18.2 Å². The normalized spacial score (nSPS) is 11.1. The highest BCUT2D eigenvalue weighted by atomic mass is 32.1. The van der Waals surface area contributed by atoms with Gasteiger partial charge in [-0.15, -0.1) is 0 Å². The molecular formula is C26H44N4O2S. The van der Waals surface area contributed by atoms with Crippen LogP contribution in [0.4, 0.5) is 5.69 Å². The molecule has 2 N–H and O–H groups in total. The first-order valence-electron chi connectivity index (χ1n) is 13.0. The Labute approximate surface area is 206 Å². The second-order valence-corrected chi connectivity index (χ2v) is 9.15. The number of nitrogens with zero attached hydrogens (tertiary/aromatic N) is 2. The minimum atomic E-state index is -0.421. The summed E-state index contributed by atoms with van der Waals surface area (Å²) in [6.07, 6.45) is 23.1. The van der Waals surface area contributed by atoms with Crippen LogP contribution in [0, 0.1) is 10.1 Å². The molecule has 0 spiro atoms. The number of unbranched alkanes of at least 4 members (excludes halogenated alkanes) is 15. The van der Waals surface area contributed by atoms with Crippen molar-refractivity contribution in [3.05, 3.63) is 39.9 Å². The second-order valence-electron chi connectivity index (χ2n) is 8.75. The van der Waals surface area contributed by atoms with Crippen LogP contribution in [0.15, 0.2) is 29.4 Å². The van der Waals surface area contributed by atoms with Crippen LogP contribution in [0.3, 0.4) is 0 Å². The molecule has 1 aromatic rings. The van der Waals surface area contributed by atoms with E-state index in [1.807, 2.05) is 0 Å². The minimum absolute atomic E-state index is 0.0232. The van der Waals surface area contributed by atoms with E-state index in [4.69, 9.17) is 12.2 Å². The summed E-state index contributed by atoms with van der Waals surface area (Å²) in [5, 5.41) is 18.5. The summed E-state index contributed by atoms with van der Waals surface area (Å²) in [5.41, 5.74) is 3.18. The summed E-state index contributed by atoms with van der Waals surface area (Å²) in [4.78, 5) is 10.6. The molecule has 0 saturated heterocycles. The Morgan fingerprint density at radius 2 is 1.36 bits per heavy atom. The third-order valence-electron chi connectivity index (χ3n) is 5.82. The summed E-state index contributed by atoms with van der Waals surface area (Å²) >= 11 is 5.19. The lowest BCUT2D eigenvalue weighted by atomic mass is 10.0. The smallest absolute Gasteiger partial charge is 0.278 e. The molecule has 7 heteroatoms. The number of nitro benzene ring substituents is 1. The predicted molar refractivity (Wildman–Crippen MR) is 144 cm³/mol. The Morgan fingerprint density at radius 1 is 0.879 bits per heavy atom. The van der Waals surface area contributed by atoms with Crippen LogP contribution in [0.2, 0.25) is 0 Å². The van der Waals surface area contributed by atoms with Crippen LogP contribution in [0.1, 0.15) is 115 Å². The molecule has 0 aliphatic carbocycles. The van der Waals surface area contributed by atoms with Crippen molar-refractivity contribution in [1.82, 2.24) is 10.7 Å². The number of hydrogen-bond acceptors (Lipinski definition) is 4. The molecule has 0 bridgehead atoms. The molecule has 1 aromatic carbocycles. The maximum absolute atomic E-state index is 11.0. The van der Waals surface area contributed by atoms with Crippen LogP contribution >= 0.6 is 12.2 Å². The molecule has 0 unspecified atom stereocenters. The lowest BCUT2D eigenvalue weighted by Gasteiger charge is -2.07. The van der Waals surface area contributed by atoms with Gasteiger partial charge in [-0.05, 0) is 24.7 Å².